The minimum atomic E-state index is -1.34. The molecule has 1 saturated heterocycles. The highest BCUT2D eigenvalue weighted by Crippen LogP contribution is 2.40. The van der Waals surface area contributed by atoms with Crippen LogP contribution in [-0.4, -0.2) is 103 Å². The molecule has 2 atom stereocenters. The number of thioether (sulfide) groups is 1. The number of oxime groups is 1. The van der Waals surface area contributed by atoms with Gasteiger partial charge in [0.25, 0.3) is 18.7 Å². The van der Waals surface area contributed by atoms with Gasteiger partial charge < -0.3 is 32.5 Å². The summed E-state index contributed by atoms with van der Waals surface area (Å²) in [4.78, 5) is 51.7. The number of rotatable bonds is 9. The summed E-state index contributed by atoms with van der Waals surface area (Å²) < 4.78 is 16.4. The number of halogens is 1. The van der Waals surface area contributed by atoms with Gasteiger partial charge in [-0.25, -0.2) is 19.2 Å². The van der Waals surface area contributed by atoms with Gasteiger partial charge in [0.05, 0.1) is 12.3 Å². The van der Waals surface area contributed by atoms with E-state index in [1.807, 2.05) is 0 Å². The van der Waals surface area contributed by atoms with Gasteiger partial charge in [-0.05, 0) is 25.7 Å². The number of alkyl halides is 1. The number of carboxylic acid groups (broad SMARTS) is 1. The van der Waals surface area contributed by atoms with E-state index >= 15 is 0 Å². The highest BCUT2D eigenvalue weighted by molar-refractivity contribution is 8.00. The normalized spacial score (nSPS) is 25.5. The molecule has 1 saturated carbocycles. The van der Waals surface area contributed by atoms with Gasteiger partial charge in [0.1, 0.15) is 17.1 Å². The fourth-order valence-corrected chi connectivity index (χ4v) is 6.00. The Kier molecular flexibility index (Phi) is 9.15. The number of nitrogen functional groups attached to an aromatic ring is 1. The molecule has 2 unspecified atom stereocenters. The fourth-order valence-electron chi connectivity index (χ4n) is 4.27. The number of β-lactam (4-membered cyclic amide) rings is 1. The molecule has 4 rings (SSSR count). The Morgan fingerprint density at radius 3 is 2.70 bits per heavy atom. The molecule has 0 radical (unpaired) electrons. The Hall–Kier alpha value is -3.84. The molecule has 0 bridgehead atoms. The van der Waals surface area contributed by atoms with Crippen LogP contribution in [0.2, 0.25) is 0 Å². The van der Waals surface area contributed by atoms with Crippen molar-refractivity contribution in [3.8, 4) is 0 Å². The number of nitrogens with one attached hydrogen (secondary N) is 1. The highest BCUT2D eigenvalue weighted by atomic mass is 32.2. The van der Waals surface area contributed by atoms with Crippen molar-refractivity contribution < 1.29 is 28.7 Å². The highest BCUT2D eigenvalue weighted by Gasteiger charge is 2.54. The Labute approximate surface area is 235 Å². The van der Waals surface area contributed by atoms with Crippen LogP contribution in [0.25, 0.3) is 0 Å². The summed E-state index contributed by atoms with van der Waals surface area (Å²) in [6.45, 7) is -1.32. The molecule has 40 heavy (non-hydrogen) atoms. The lowest BCUT2D eigenvalue weighted by Gasteiger charge is -2.49. The third kappa shape index (κ3) is 6.31. The number of anilines is 1. The van der Waals surface area contributed by atoms with Crippen molar-refractivity contribution in [1.29, 1.82) is 0 Å². The van der Waals surface area contributed by atoms with E-state index in [0.717, 1.165) is 42.1 Å². The van der Waals surface area contributed by atoms with Crippen LogP contribution in [0.4, 0.5) is 9.52 Å². The third-order valence-electron chi connectivity index (χ3n) is 6.33. The maximum absolute atomic E-state index is 13.0. The van der Waals surface area contributed by atoms with Crippen LogP contribution < -0.4 is 22.5 Å². The number of carboxylic acids is 1. The van der Waals surface area contributed by atoms with Gasteiger partial charge >= 0.3 is 5.97 Å². The summed E-state index contributed by atoms with van der Waals surface area (Å²) in [5.74, 6) is -2.80. The number of nitrogens with zero attached hydrogens (tertiary/aromatic N) is 7. The van der Waals surface area contributed by atoms with Gasteiger partial charge in [-0.2, -0.15) is 14.5 Å². The number of carbonyl (C=O) groups excluding carboxylic acids is 2. The number of hydrogen-bond acceptors (Lipinski definition) is 13. The van der Waals surface area contributed by atoms with Crippen molar-refractivity contribution in [1.82, 2.24) is 24.6 Å². The largest absolute Gasteiger partial charge is 0.477 e. The van der Waals surface area contributed by atoms with Crippen LogP contribution in [0, 0.1) is 0 Å². The number of guanidine groups is 1. The van der Waals surface area contributed by atoms with E-state index in [2.05, 4.69) is 34.8 Å². The van der Waals surface area contributed by atoms with Crippen molar-refractivity contribution in [3.05, 3.63) is 17.1 Å². The van der Waals surface area contributed by atoms with E-state index in [-0.39, 0.29) is 46.0 Å². The lowest BCUT2D eigenvalue weighted by atomic mass is 9.92. The maximum Gasteiger partial charge on any atom is 0.353 e. The summed E-state index contributed by atoms with van der Waals surface area (Å²) in [7, 11) is 1.58. The predicted molar refractivity (Wildman–Crippen MR) is 146 cm³/mol. The molecule has 8 N–H and O–H groups in total. The maximum atomic E-state index is 13.0. The number of carbonyl (C=O) groups is 3. The minimum absolute atomic E-state index is 0.0345. The molecule has 0 spiro atoms. The lowest BCUT2D eigenvalue weighted by molar-refractivity contribution is -0.150. The van der Waals surface area contributed by atoms with Crippen LogP contribution >= 0.6 is 23.3 Å². The molecule has 2 aliphatic heterocycles. The second-order valence-corrected chi connectivity index (χ2v) is 10.9. The Morgan fingerprint density at radius 1 is 1.35 bits per heavy atom. The van der Waals surface area contributed by atoms with Crippen molar-refractivity contribution >= 4 is 64.1 Å². The first-order valence-corrected chi connectivity index (χ1v) is 13.9. The first-order valence-electron chi connectivity index (χ1n) is 12.0. The molecule has 19 heteroatoms. The Balaban J connectivity index is 1.46. The van der Waals surface area contributed by atoms with E-state index in [0.29, 0.717) is 0 Å². The topological polar surface area (TPSA) is 240 Å². The molecule has 2 amide bonds. The van der Waals surface area contributed by atoms with Gasteiger partial charge in [0.15, 0.2) is 5.13 Å². The summed E-state index contributed by atoms with van der Waals surface area (Å²) in [5.41, 5.74) is 17.1. The molecule has 1 aliphatic carbocycles. The molecule has 1 aromatic rings. The number of hydrazone groups is 1. The van der Waals surface area contributed by atoms with Crippen molar-refractivity contribution in [2.45, 2.75) is 49.2 Å². The summed E-state index contributed by atoms with van der Waals surface area (Å²) in [6.07, 6.45) is 4.70. The van der Waals surface area contributed by atoms with Crippen LogP contribution in [0.5, 0.6) is 0 Å². The summed E-state index contributed by atoms with van der Waals surface area (Å²) in [6, 6.07) is -0.874. The second kappa shape index (κ2) is 12.6. The monoisotopic (exact) mass is 597 g/mol. The molecule has 216 valence electrons. The lowest BCUT2D eigenvalue weighted by Crippen LogP contribution is -2.71. The molecule has 3 heterocycles. The number of amides is 2. The molecule has 16 nitrogen and oxygen atoms in total. The van der Waals surface area contributed by atoms with Gasteiger partial charge in [-0.15, -0.1) is 11.8 Å². The van der Waals surface area contributed by atoms with Crippen LogP contribution in [0.1, 0.15) is 31.5 Å². The first-order chi connectivity index (χ1) is 19.1. The van der Waals surface area contributed by atoms with Gasteiger partial charge in [-0.3, -0.25) is 14.5 Å². The molecular weight excluding hydrogens is 569 g/mol. The van der Waals surface area contributed by atoms with Crippen LogP contribution in [-0.2, 0) is 19.2 Å². The van der Waals surface area contributed by atoms with E-state index < -0.39 is 41.8 Å². The average Bonchev–Trinajstić information content (AvgIpc) is 3.36. The zero-order valence-electron chi connectivity index (χ0n) is 21.3. The van der Waals surface area contributed by atoms with E-state index in [9.17, 15) is 23.9 Å². The van der Waals surface area contributed by atoms with E-state index in [1.54, 1.807) is 7.05 Å². The predicted octanol–water partition coefficient (Wildman–Crippen LogP) is -0.991. The standard InChI is InChI=1S/C21H28FN11O5S2/c1-32(20(24)27-11-4-2-10(23)3-5-11)26-6-9-7-39-18-13(17(35)33(18)14(9)19(36)37)28-16(34)12(30-38-8-22)15-29-21(25)40-31-15/h6,10-11,13,18H,2-5,7-8,23H2,1H3,(H2,24,27)(H,28,34)(H,36,37)(H2,25,29,31). The minimum Gasteiger partial charge on any atom is -0.477 e. The van der Waals surface area contributed by atoms with E-state index in [4.69, 9.17) is 17.2 Å². The number of fused-ring (bicyclic) bond motifs is 1. The van der Waals surface area contributed by atoms with E-state index in [1.165, 1.54) is 23.0 Å². The van der Waals surface area contributed by atoms with Crippen LogP contribution in [0.3, 0.4) is 0 Å². The van der Waals surface area contributed by atoms with Gasteiger partial charge in [0, 0.05) is 35.9 Å². The zero-order chi connectivity index (χ0) is 29.0. The average molecular weight is 598 g/mol. The van der Waals surface area contributed by atoms with Crippen LogP contribution in [0.15, 0.2) is 26.5 Å². The molecule has 2 fully saturated rings. The fraction of sp³-hybridized carbons (Fsp3) is 0.524. The quantitative estimate of drug-likeness (QED) is 0.0997. The zero-order valence-corrected chi connectivity index (χ0v) is 22.9. The van der Waals surface area contributed by atoms with Gasteiger partial charge in [-0.1, -0.05) is 5.16 Å². The molecular formula is C21H28FN11O5S2. The van der Waals surface area contributed by atoms with Crippen molar-refractivity contribution in [2.75, 3.05) is 25.4 Å². The SMILES string of the molecule is CN(N=CC1=C(C(=O)O)N2C(=O)C(NC(=O)C(=NOCF)c3nsc(N)n3)C2SC1)C(N)=NC1CCC(N)CC1. The molecule has 1 aromatic heterocycles. The Bertz CT molecular complexity index is 1280. The number of aliphatic carboxylic acids is 1. The number of nitrogens with two attached hydrogens (primary N) is 3. The summed E-state index contributed by atoms with van der Waals surface area (Å²) in [5, 5.41) is 20.6. The van der Waals surface area contributed by atoms with Crippen molar-refractivity contribution in [3.63, 3.8) is 0 Å². The smallest absolute Gasteiger partial charge is 0.353 e. The summed E-state index contributed by atoms with van der Waals surface area (Å²) >= 11 is 2.00. The van der Waals surface area contributed by atoms with Gasteiger partial charge in [0.2, 0.25) is 17.5 Å². The Morgan fingerprint density at radius 2 is 2.08 bits per heavy atom. The second-order valence-electron chi connectivity index (χ2n) is 9.00. The number of hydrogen-bond donors (Lipinski definition) is 5. The molecule has 3 aliphatic rings. The number of aromatic nitrogens is 2. The van der Waals surface area contributed by atoms with Crippen molar-refractivity contribution in [2.24, 2.45) is 26.7 Å². The first kappa shape index (κ1) is 29.2. The number of aliphatic imine (C=N–C) groups is 1. The molecule has 0 aromatic carbocycles. The third-order valence-corrected chi connectivity index (χ3v) is 8.18.